The molecule has 86 valence electrons. The molecule has 1 N–H and O–H groups in total. The minimum Gasteiger partial charge on any atom is -0.384 e. The molecule has 0 aliphatic carbocycles. The minimum atomic E-state index is 0.762. The van der Waals surface area contributed by atoms with Crippen LogP contribution in [0.2, 0.25) is 0 Å². The van der Waals surface area contributed by atoms with Crippen molar-refractivity contribution in [1.29, 1.82) is 0 Å². The first kappa shape index (κ1) is 12.4. The molecule has 0 saturated heterocycles. The number of nitrogens with one attached hydrogen (secondary N) is 1. The highest BCUT2D eigenvalue weighted by molar-refractivity contribution is 5.55. The highest BCUT2D eigenvalue weighted by Gasteiger charge is 2.00. The van der Waals surface area contributed by atoms with Gasteiger partial charge in [-0.15, -0.1) is 12.3 Å². The molecular weight excluding hydrogens is 196 g/mol. The van der Waals surface area contributed by atoms with Crippen molar-refractivity contribution >= 4 is 11.4 Å². The van der Waals surface area contributed by atoms with Crippen molar-refractivity contribution < 1.29 is 0 Å². The Bertz CT molecular complexity index is 331. The molecule has 0 heterocycles. The van der Waals surface area contributed by atoms with E-state index in [1.165, 1.54) is 5.69 Å². The van der Waals surface area contributed by atoms with Gasteiger partial charge in [0.25, 0.3) is 0 Å². The van der Waals surface area contributed by atoms with Crippen molar-refractivity contribution in [3.8, 4) is 12.3 Å². The maximum atomic E-state index is 5.20. The fourth-order valence-electron chi connectivity index (χ4n) is 1.66. The smallest absolute Gasteiger partial charge is 0.0367 e. The first-order valence-electron chi connectivity index (χ1n) is 5.84. The Labute approximate surface area is 98.7 Å². The average molecular weight is 216 g/mol. The highest BCUT2D eigenvalue weighted by Crippen LogP contribution is 2.17. The topological polar surface area (TPSA) is 15.3 Å². The largest absolute Gasteiger partial charge is 0.384 e. The van der Waals surface area contributed by atoms with Crippen LogP contribution in [-0.2, 0) is 0 Å². The van der Waals surface area contributed by atoms with Crippen molar-refractivity contribution in [3.05, 3.63) is 24.3 Å². The summed E-state index contributed by atoms with van der Waals surface area (Å²) in [5.41, 5.74) is 2.40. The molecule has 0 bridgehead atoms. The number of benzene rings is 1. The zero-order chi connectivity index (χ0) is 11.8. The van der Waals surface area contributed by atoms with Crippen LogP contribution in [-0.4, -0.2) is 19.6 Å². The van der Waals surface area contributed by atoms with E-state index in [1.54, 1.807) is 0 Å². The molecule has 0 aliphatic heterocycles. The summed E-state index contributed by atoms with van der Waals surface area (Å²) in [6.45, 7) is 7.26. The summed E-state index contributed by atoms with van der Waals surface area (Å²) in [5, 5.41) is 3.29. The second kappa shape index (κ2) is 6.79. The zero-order valence-electron chi connectivity index (χ0n) is 10.2. The molecule has 0 spiro atoms. The Hall–Kier alpha value is -1.62. The molecule has 2 nitrogen and oxygen atoms in total. The van der Waals surface area contributed by atoms with E-state index < -0.39 is 0 Å². The van der Waals surface area contributed by atoms with Gasteiger partial charge in [0.05, 0.1) is 0 Å². The van der Waals surface area contributed by atoms with Crippen molar-refractivity contribution in [3.63, 3.8) is 0 Å². The van der Waals surface area contributed by atoms with E-state index in [1.807, 2.05) is 0 Å². The molecule has 0 aliphatic rings. The van der Waals surface area contributed by atoms with Crippen molar-refractivity contribution in [1.82, 2.24) is 0 Å². The molecule has 0 amide bonds. The van der Waals surface area contributed by atoms with Crippen LogP contribution in [0, 0.1) is 12.3 Å². The summed E-state index contributed by atoms with van der Waals surface area (Å²) in [6, 6.07) is 8.49. The van der Waals surface area contributed by atoms with E-state index in [0.717, 1.165) is 31.7 Å². The van der Waals surface area contributed by atoms with Gasteiger partial charge in [0.2, 0.25) is 0 Å². The van der Waals surface area contributed by atoms with Crippen LogP contribution in [0.4, 0.5) is 11.4 Å². The summed E-state index contributed by atoms with van der Waals surface area (Å²) in [6.07, 6.45) is 5.96. The van der Waals surface area contributed by atoms with Gasteiger partial charge in [0.15, 0.2) is 0 Å². The van der Waals surface area contributed by atoms with Gasteiger partial charge in [-0.3, -0.25) is 0 Å². The molecule has 0 aromatic heterocycles. The molecule has 0 fully saturated rings. The van der Waals surface area contributed by atoms with Crippen molar-refractivity contribution in [2.75, 3.05) is 29.9 Å². The molecule has 0 radical (unpaired) electrons. The summed E-state index contributed by atoms with van der Waals surface area (Å²) in [4.78, 5) is 2.32. The van der Waals surface area contributed by atoms with Gasteiger partial charge in [-0.2, -0.15) is 0 Å². The Morgan fingerprint density at radius 3 is 2.31 bits per heavy atom. The van der Waals surface area contributed by atoms with Crippen LogP contribution in [0.25, 0.3) is 0 Å². The summed E-state index contributed by atoms with van der Waals surface area (Å²) < 4.78 is 0. The predicted octanol–water partition coefficient (Wildman–Crippen LogP) is 2.97. The molecule has 1 rings (SSSR count). The second-order valence-electron chi connectivity index (χ2n) is 3.60. The molecule has 0 saturated carbocycles. The normalized spacial score (nSPS) is 9.56. The van der Waals surface area contributed by atoms with Gasteiger partial charge in [-0.05, 0) is 38.1 Å². The first-order chi connectivity index (χ1) is 7.81. The Balaban J connectivity index is 2.57. The number of rotatable bonds is 6. The number of terminal acetylenes is 1. The fourth-order valence-corrected chi connectivity index (χ4v) is 1.66. The third-order valence-corrected chi connectivity index (χ3v) is 2.59. The van der Waals surface area contributed by atoms with Gasteiger partial charge in [0, 0.05) is 37.4 Å². The van der Waals surface area contributed by atoms with Crippen LogP contribution in [0.15, 0.2) is 24.3 Å². The number of hydrogen-bond acceptors (Lipinski definition) is 2. The van der Waals surface area contributed by atoms with Crippen LogP contribution in [0.1, 0.15) is 20.3 Å². The maximum absolute atomic E-state index is 5.20. The second-order valence-corrected chi connectivity index (χ2v) is 3.60. The lowest BCUT2D eigenvalue weighted by Gasteiger charge is -2.21. The monoisotopic (exact) mass is 216 g/mol. The lowest BCUT2D eigenvalue weighted by atomic mass is 10.2. The van der Waals surface area contributed by atoms with Gasteiger partial charge in [-0.1, -0.05) is 0 Å². The van der Waals surface area contributed by atoms with Crippen molar-refractivity contribution in [2.45, 2.75) is 20.3 Å². The Morgan fingerprint density at radius 2 is 1.81 bits per heavy atom. The lowest BCUT2D eigenvalue weighted by Crippen LogP contribution is -2.21. The van der Waals surface area contributed by atoms with Gasteiger partial charge >= 0.3 is 0 Å². The van der Waals surface area contributed by atoms with E-state index >= 15 is 0 Å². The summed E-state index contributed by atoms with van der Waals surface area (Å²) >= 11 is 0. The first-order valence-corrected chi connectivity index (χ1v) is 5.84. The third kappa shape index (κ3) is 3.51. The standard InChI is InChI=1S/C14H20N2/c1-4-7-12-15-13-8-10-14(11-9-13)16(5-2)6-3/h1,8-11,15H,5-7,12H2,2-3H3. The zero-order valence-corrected chi connectivity index (χ0v) is 10.2. The average Bonchev–Trinajstić information content (AvgIpc) is 2.33. The quantitative estimate of drug-likeness (QED) is 0.581. The third-order valence-electron chi connectivity index (χ3n) is 2.59. The SMILES string of the molecule is C#CCCNc1ccc(N(CC)CC)cc1. The van der Waals surface area contributed by atoms with Gasteiger partial charge in [0.1, 0.15) is 0 Å². The van der Waals surface area contributed by atoms with E-state index in [2.05, 4.69) is 54.3 Å². The van der Waals surface area contributed by atoms with Crippen LogP contribution >= 0.6 is 0 Å². The Morgan fingerprint density at radius 1 is 1.19 bits per heavy atom. The summed E-state index contributed by atoms with van der Waals surface area (Å²) in [7, 11) is 0. The van der Waals surface area contributed by atoms with E-state index in [4.69, 9.17) is 6.42 Å². The van der Waals surface area contributed by atoms with E-state index in [-0.39, 0.29) is 0 Å². The van der Waals surface area contributed by atoms with Gasteiger partial charge < -0.3 is 10.2 Å². The molecule has 0 atom stereocenters. The Kier molecular flexibility index (Phi) is 5.28. The van der Waals surface area contributed by atoms with E-state index in [0.29, 0.717) is 0 Å². The fraction of sp³-hybridized carbons (Fsp3) is 0.429. The molecular formula is C14H20N2. The molecule has 16 heavy (non-hydrogen) atoms. The molecule has 1 aromatic rings. The molecule has 1 aromatic carbocycles. The maximum Gasteiger partial charge on any atom is 0.0367 e. The molecule has 2 heteroatoms. The van der Waals surface area contributed by atoms with Crippen LogP contribution in [0.3, 0.4) is 0 Å². The summed E-state index contributed by atoms with van der Waals surface area (Å²) in [5.74, 6) is 2.62. The number of nitrogens with zero attached hydrogens (tertiary/aromatic N) is 1. The lowest BCUT2D eigenvalue weighted by molar-refractivity contribution is 0.866. The predicted molar refractivity (Wildman–Crippen MR) is 71.9 cm³/mol. The highest BCUT2D eigenvalue weighted by atomic mass is 15.1. The minimum absolute atomic E-state index is 0.762. The van der Waals surface area contributed by atoms with Crippen molar-refractivity contribution in [2.24, 2.45) is 0 Å². The van der Waals surface area contributed by atoms with Crippen LogP contribution < -0.4 is 10.2 Å². The number of hydrogen-bond donors (Lipinski definition) is 1. The molecule has 0 unspecified atom stereocenters. The number of anilines is 2. The van der Waals surface area contributed by atoms with Gasteiger partial charge in [-0.25, -0.2) is 0 Å². The van der Waals surface area contributed by atoms with Crippen LogP contribution in [0.5, 0.6) is 0 Å². The van der Waals surface area contributed by atoms with E-state index in [9.17, 15) is 0 Å².